The molecule has 2 rings (SSSR count). The lowest BCUT2D eigenvalue weighted by molar-refractivity contribution is -0.0771. The van der Waals surface area contributed by atoms with Crippen LogP contribution < -0.4 is 0 Å². The van der Waals surface area contributed by atoms with E-state index in [2.05, 4.69) is 25.7 Å². The van der Waals surface area contributed by atoms with Crippen molar-refractivity contribution in [1.29, 1.82) is 0 Å². The highest BCUT2D eigenvalue weighted by Crippen LogP contribution is 2.32. The van der Waals surface area contributed by atoms with Gasteiger partial charge in [0.15, 0.2) is 0 Å². The predicted octanol–water partition coefficient (Wildman–Crippen LogP) is 1.51. The molecule has 0 radical (unpaired) electrons. The minimum absolute atomic E-state index is 0.0380. The van der Waals surface area contributed by atoms with Gasteiger partial charge in [0.1, 0.15) is 0 Å². The Morgan fingerprint density at radius 1 is 1.25 bits per heavy atom. The molecule has 2 nitrogen and oxygen atoms in total. The molecule has 2 heteroatoms. The van der Waals surface area contributed by atoms with E-state index in [9.17, 15) is 0 Å². The third-order valence-corrected chi connectivity index (χ3v) is 2.78. The minimum Gasteiger partial charge on any atom is -0.371 e. The van der Waals surface area contributed by atoms with Crippen molar-refractivity contribution in [3.05, 3.63) is 0 Å². The topological polar surface area (TPSA) is 12.5 Å². The molecular formula is C10H19NO. The highest BCUT2D eigenvalue weighted by atomic mass is 16.5. The van der Waals surface area contributed by atoms with Crippen LogP contribution in [0.25, 0.3) is 0 Å². The van der Waals surface area contributed by atoms with E-state index in [1.54, 1.807) is 0 Å². The first-order valence-corrected chi connectivity index (χ1v) is 4.95. The van der Waals surface area contributed by atoms with Crippen LogP contribution in [0.3, 0.4) is 0 Å². The van der Waals surface area contributed by atoms with Gasteiger partial charge in [-0.2, -0.15) is 0 Å². The van der Waals surface area contributed by atoms with Crippen LogP contribution in [0.2, 0.25) is 0 Å². The summed E-state index contributed by atoms with van der Waals surface area (Å²) in [5.74, 6) is 0.823. The molecule has 3 unspecified atom stereocenters. The van der Waals surface area contributed by atoms with Gasteiger partial charge in [-0.15, -0.1) is 0 Å². The summed E-state index contributed by atoms with van der Waals surface area (Å²) >= 11 is 0. The molecule has 70 valence electrons. The smallest absolute Gasteiger partial charge is 0.0749 e. The molecule has 0 aromatic rings. The van der Waals surface area contributed by atoms with Crippen LogP contribution >= 0.6 is 0 Å². The van der Waals surface area contributed by atoms with Crippen molar-refractivity contribution < 1.29 is 4.74 Å². The largest absolute Gasteiger partial charge is 0.371 e. The van der Waals surface area contributed by atoms with Gasteiger partial charge in [0.25, 0.3) is 0 Å². The molecule has 2 saturated heterocycles. The van der Waals surface area contributed by atoms with Crippen molar-refractivity contribution in [3.8, 4) is 0 Å². The second kappa shape index (κ2) is 2.71. The van der Waals surface area contributed by atoms with Crippen LogP contribution in [0.4, 0.5) is 0 Å². The quantitative estimate of drug-likeness (QED) is 0.590. The van der Waals surface area contributed by atoms with E-state index in [1.807, 2.05) is 0 Å². The summed E-state index contributed by atoms with van der Waals surface area (Å²) in [4.78, 5) is 2.51. The number of ether oxygens (including phenoxy) is 1. The van der Waals surface area contributed by atoms with E-state index in [0.717, 1.165) is 5.92 Å². The van der Waals surface area contributed by atoms with Gasteiger partial charge in [0, 0.05) is 19.0 Å². The van der Waals surface area contributed by atoms with Gasteiger partial charge in [-0.1, -0.05) is 0 Å². The monoisotopic (exact) mass is 169 g/mol. The number of hydrogen-bond acceptors (Lipinski definition) is 2. The lowest BCUT2D eigenvalue weighted by atomic mass is 10.0. The molecular weight excluding hydrogens is 150 g/mol. The molecule has 0 aromatic carbocycles. The van der Waals surface area contributed by atoms with Crippen LogP contribution in [0.1, 0.15) is 27.2 Å². The van der Waals surface area contributed by atoms with E-state index in [0.29, 0.717) is 6.10 Å². The van der Waals surface area contributed by atoms with Crippen molar-refractivity contribution in [2.45, 2.75) is 38.9 Å². The summed E-state index contributed by atoms with van der Waals surface area (Å²) in [6, 6.07) is 0. The molecule has 0 aliphatic carbocycles. The molecule has 0 saturated carbocycles. The fraction of sp³-hybridized carbons (Fsp3) is 1.00. The minimum atomic E-state index is 0.0380. The second-order valence-electron chi connectivity index (χ2n) is 5.08. The summed E-state index contributed by atoms with van der Waals surface area (Å²) in [6.07, 6.45) is 1.86. The van der Waals surface area contributed by atoms with Gasteiger partial charge in [-0.05, 0) is 33.7 Å². The number of piperidine rings is 1. The third kappa shape index (κ3) is 1.64. The molecule has 0 aromatic heterocycles. The molecule has 12 heavy (non-hydrogen) atoms. The zero-order valence-electron chi connectivity index (χ0n) is 8.34. The summed E-state index contributed by atoms with van der Waals surface area (Å²) in [5, 5.41) is 0. The summed E-state index contributed by atoms with van der Waals surface area (Å²) in [7, 11) is 0. The van der Waals surface area contributed by atoms with Crippen LogP contribution in [0.15, 0.2) is 0 Å². The van der Waals surface area contributed by atoms with Crippen LogP contribution in [-0.2, 0) is 4.74 Å². The molecule has 0 amide bonds. The molecule has 2 fully saturated rings. The Morgan fingerprint density at radius 3 is 2.42 bits per heavy atom. The average molecular weight is 169 g/mol. The lowest BCUT2D eigenvalue weighted by Crippen LogP contribution is -2.36. The molecule has 0 spiro atoms. The van der Waals surface area contributed by atoms with Gasteiger partial charge in [0.05, 0.1) is 11.7 Å². The van der Waals surface area contributed by atoms with Crippen molar-refractivity contribution in [1.82, 2.24) is 4.90 Å². The third-order valence-electron chi connectivity index (χ3n) is 2.78. The Kier molecular flexibility index (Phi) is 1.92. The first-order chi connectivity index (χ1) is 5.54. The first-order valence-electron chi connectivity index (χ1n) is 4.95. The molecule has 3 atom stereocenters. The number of rotatable bonds is 1. The average Bonchev–Trinajstić information content (AvgIpc) is 2.42. The zero-order chi connectivity index (χ0) is 8.77. The molecule has 2 heterocycles. The van der Waals surface area contributed by atoms with E-state index < -0.39 is 0 Å². The van der Waals surface area contributed by atoms with E-state index in [1.165, 1.54) is 26.1 Å². The molecule has 2 aliphatic rings. The summed E-state index contributed by atoms with van der Waals surface area (Å²) in [5.41, 5.74) is 0.0380. The summed E-state index contributed by atoms with van der Waals surface area (Å²) in [6.45, 7) is 10.2. The SMILES string of the molecule is CC(C)(C)OC1CN2CCC1C2. The van der Waals surface area contributed by atoms with Crippen LogP contribution in [0.5, 0.6) is 0 Å². The maximum Gasteiger partial charge on any atom is 0.0749 e. The Labute approximate surface area is 74.9 Å². The highest BCUT2D eigenvalue weighted by Gasteiger charge is 2.40. The number of fused-ring (bicyclic) bond motifs is 2. The van der Waals surface area contributed by atoms with Crippen LogP contribution in [-0.4, -0.2) is 36.2 Å². The van der Waals surface area contributed by atoms with Gasteiger partial charge < -0.3 is 9.64 Å². The second-order valence-corrected chi connectivity index (χ2v) is 5.08. The Morgan fingerprint density at radius 2 is 2.00 bits per heavy atom. The van der Waals surface area contributed by atoms with E-state index in [-0.39, 0.29) is 5.60 Å². The zero-order valence-corrected chi connectivity index (χ0v) is 8.34. The first kappa shape index (κ1) is 8.52. The molecule has 2 bridgehead atoms. The van der Waals surface area contributed by atoms with Gasteiger partial charge in [-0.3, -0.25) is 0 Å². The molecule has 2 aliphatic heterocycles. The van der Waals surface area contributed by atoms with Gasteiger partial charge in [0.2, 0.25) is 0 Å². The fourth-order valence-electron chi connectivity index (χ4n) is 2.32. The standard InChI is InChI=1S/C10H19NO/c1-10(2,3)12-9-7-11-5-4-8(9)6-11/h8-9H,4-7H2,1-3H3. The fourth-order valence-corrected chi connectivity index (χ4v) is 2.32. The maximum absolute atomic E-state index is 5.99. The van der Waals surface area contributed by atoms with Crippen LogP contribution in [0, 0.1) is 5.92 Å². The Bertz CT molecular complexity index is 173. The molecule has 0 N–H and O–H groups in total. The number of nitrogens with zero attached hydrogens (tertiary/aromatic N) is 1. The highest BCUT2D eigenvalue weighted by molar-refractivity contribution is 4.92. The number of hydrogen-bond donors (Lipinski definition) is 0. The normalized spacial score (nSPS) is 40.8. The Balaban J connectivity index is 1.91. The van der Waals surface area contributed by atoms with Crippen molar-refractivity contribution >= 4 is 0 Å². The summed E-state index contributed by atoms with van der Waals surface area (Å²) < 4.78 is 5.99. The van der Waals surface area contributed by atoms with Crippen molar-refractivity contribution in [3.63, 3.8) is 0 Å². The van der Waals surface area contributed by atoms with E-state index in [4.69, 9.17) is 4.74 Å². The lowest BCUT2D eigenvalue weighted by Gasteiger charge is -2.30. The van der Waals surface area contributed by atoms with Crippen molar-refractivity contribution in [2.24, 2.45) is 5.92 Å². The van der Waals surface area contributed by atoms with E-state index >= 15 is 0 Å². The predicted molar refractivity (Wildman–Crippen MR) is 49.2 cm³/mol. The Hall–Kier alpha value is -0.0800. The maximum atomic E-state index is 5.99. The van der Waals surface area contributed by atoms with Crippen molar-refractivity contribution in [2.75, 3.05) is 19.6 Å². The van der Waals surface area contributed by atoms with Gasteiger partial charge >= 0.3 is 0 Å². The van der Waals surface area contributed by atoms with Gasteiger partial charge in [-0.25, -0.2) is 0 Å².